The van der Waals surface area contributed by atoms with Crippen molar-refractivity contribution in [1.29, 1.82) is 0 Å². The van der Waals surface area contributed by atoms with Crippen molar-refractivity contribution in [1.82, 2.24) is 24.1 Å². The molecule has 0 saturated carbocycles. The summed E-state index contributed by atoms with van der Waals surface area (Å²) >= 11 is 1.14. The minimum atomic E-state index is -0.616. The van der Waals surface area contributed by atoms with Gasteiger partial charge in [-0.2, -0.15) is 0 Å². The molecule has 0 bridgehead atoms. The van der Waals surface area contributed by atoms with Gasteiger partial charge in [-0.05, 0) is 33.3 Å². The number of aryl methyl sites for hydroxylation is 2. The number of aromatic amines is 1. The smallest absolute Gasteiger partial charge is 0.332 e. The van der Waals surface area contributed by atoms with Crippen molar-refractivity contribution >= 4 is 34.4 Å². The lowest BCUT2D eigenvalue weighted by Crippen LogP contribution is -2.38. The molecule has 0 aliphatic heterocycles. The molecule has 0 aliphatic carbocycles. The van der Waals surface area contributed by atoms with E-state index in [1.807, 2.05) is 20.8 Å². The molecule has 1 atom stereocenters. The molecule has 0 aliphatic rings. The van der Waals surface area contributed by atoms with Gasteiger partial charge in [-0.15, -0.1) is 0 Å². The zero-order chi connectivity index (χ0) is 25.0. The highest BCUT2D eigenvalue weighted by molar-refractivity contribution is 8.00. The van der Waals surface area contributed by atoms with Crippen LogP contribution in [0, 0.1) is 13.8 Å². The maximum absolute atomic E-state index is 13.3. The lowest BCUT2D eigenvalue weighted by atomic mass is 9.96. The number of H-pyrrole nitrogens is 1. The highest BCUT2D eigenvalue weighted by atomic mass is 32.2. The first-order valence-electron chi connectivity index (χ1n) is 10.6. The molecule has 0 fully saturated rings. The van der Waals surface area contributed by atoms with Crippen LogP contribution in [-0.2, 0) is 19.5 Å². The summed E-state index contributed by atoms with van der Waals surface area (Å²) in [5, 5.41) is -0.0785. The minimum absolute atomic E-state index is 0.110. The first kappa shape index (κ1) is 24.6. The summed E-state index contributed by atoms with van der Waals surface area (Å²) in [6, 6.07) is 0. The number of nitrogens with one attached hydrogen (secondary N) is 1. The Morgan fingerprint density at radius 1 is 1.06 bits per heavy atom. The molecule has 3 aromatic rings. The highest BCUT2D eigenvalue weighted by Crippen LogP contribution is 2.31. The number of Topliss-reactive ketones (excluding diaryl/α,β-unsaturated/α-hetero) is 2. The SMILES string of the molecule is CC(=O)c1c(C)[nH]c(C(=O)C(C)Sc2nc(C(C)(C)C)nc3c2c(=O)n(C)c(=O)n3C)c1C. The van der Waals surface area contributed by atoms with E-state index in [9.17, 15) is 19.2 Å². The molecule has 0 aromatic carbocycles. The van der Waals surface area contributed by atoms with Gasteiger partial charge in [0.05, 0.1) is 10.9 Å². The zero-order valence-electron chi connectivity index (χ0n) is 20.4. The third-order valence-corrected chi connectivity index (χ3v) is 6.72. The van der Waals surface area contributed by atoms with E-state index in [1.54, 1.807) is 27.8 Å². The first-order chi connectivity index (χ1) is 15.2. The number of aromatic nitrogens is 5. The molecule has 0 radical (unpaired) electrons. The number of rotatable bonds is 5. The third kappa shape index (κ3) is 4.19. The van der Waals surface area contributed by atoms with Crippen molar-refractivity contribution in [3.63, 3.8) is 0 Å². The Morgan fingerprint density at radius 3 is 2.18 bits per heavy atom. The number of fused-ring (bicyclic) bond motifs is 1. The molecule has 3 aromatic heterocycles. The number of thioether (sulfide) groups is 1. The summed E-state index contributed by atoms with van der Waals surface area (Å²) in [4.78, 5) is 63.0. The van der Waals surface area contributed by atoms with Crippen LogP contribution in [0.5, 0.6) is 0 Å². The lowest BCUT2D eigenvalue weighted by molar-refractivity contribution is 0.0988. The standard InChI is InChI=1S/C23H29N5O4S/c1-10-14(12(3)29)11(2)24-16(10)17(30)13(4)33-19-15-18(25-21(26-19)23(5,6)7)27(8)22(32)28(9)20(15)31/h13,24H,1-9H3. The molecule has 176 valence electrons. The predicted molar refractivity (Wildman–Crippen MR) is 129 cm³/mol. The molecule has 1 N–H and O–H groups in total. The fourth-order valence-electron chi connectivity index (χ4n) is 3.80. The van der Waals surface area contributed by atoms with Gasteiger partial charge in [-0.25, -0.2) is 14.8 Å². The molecule has 33 heavy (non-hydrogen) atoms. The van der Waals surface area contributed by atoms with Gasteiger partial charge in [-0.3, -0.25) is 23.5 Å². The molecule has 3 rings (SSSR count). The summed E-state index contributed by atoms with van der Waals surface area (Å²) in [6.45, 7) is 12.5. The van der Waals surface area contributed by atoms with E-state index in [0.29, 0.717) is 33.4 Å². The summed E-state index contributed by atoms with van der Waals surface area (Å²) in [6.07, 6.45) is 0. The first-order valence-corrected chi connectivity index (χ1v) is 11.4. The second kappa shape index (κ2) is 8.40. The van der Waals surface area contributed by atoms with Crippen LogP contribution in [0.2, 0.25) is 0 Å². The molecular formula is C23H29N5O4S. The third-order valence-electron chi connectivity index (χ3n) is 5.63. The number of hydrogen-bond acceptors (Lipinski definition) is 7. The Balaban J connectivity index is 2.19. The molecule has 0 saturated heterocycles. The highest BCUT2D eigenvalue weighted by Gasteiger charge is 2.28. The van der Waals surface area contributed by atoms with E-state index in [-0.39, 0.29) is 22.6 Å². The summed E-state index contributed by atoms with van der Waals surface area (Å²) in [5.41, 5.74) is 0.926. The fraction of sp³-hybridized carbons (Fsp3) is 0.478. The van der Waals surface area contributed by atoms with Crippen molar-refractivity contribution in [3.05, 3.63) is 49.2 Å². The zero-order valence-corrected chi connectivity index (χ0v) is 21.2. The van der Waals surface area contributed by atoms with Crippen LogP contribution in [-0.4, -0.2) is 40.9 Å². The van der Waals surface area contributed by atoms with Gasteiger partial charge in [0.1, 0.15) is 16.2 Å². The number of carbonyl (C=O) groups is 2. The van der Waals surface area contributed by atoms with Crippen LogP contribution < -0.4 is 11.2 Å². The number of carbonyl (C=O) groups excluding carboxylic acids is 2. The van der Waals surface area contributed by atoms with E-state index in [1.165, 1.54) is 18.5 Å². The van der Waals surface area contributed by atoms with Gasteiger partial charge in [0.2, 0.25) is 0 Å². The van der Waals surface area contributed by atoms with E-state index >= 15 is 0 Å². The largest absolute Gasteiger partial charge is 0.355 e. The van der Waals surface area contributed by atoms with Crippen LogP contribution in [0.4, 0.5) is 0 Å². The minimum Gasteiger partial charge on any atom is -0.355 e. The van der Waals surface area contributed by atoms with Crippen LogP contribution in [0.1, 0.15) is 72.5 Å². The molecule has 3 heterocycles. The van der Waals surface area contributed by atoms with E-state index in [4.69, 9.17) is 0 Å². The van der Waals surface area contributed by atoms with E-state index < -0.39 is 21.9 Å². The lowest BCUT2D eigenvalue weighted by Gasteiger charge is -2.20. The normalized spacial score (nSPS) is 12.9. The monoisotopic (exact) mass is 471 g/mol. The topological polar surface area (TPSA) is 120 Å². The average molecular weight is 472 g/mol. The molecular weight excluding hydrogens is 442 g/mol. The van der Waals surface area contributed by atoms with Gasteiger partial charge in [-0.1, -0.05) is 32.5 Å². The van der Waals surface area contributed by atoms with E-state index in [0.717, 1.165) is 16.3 Å². The second-order valence-corrected chi connectivity index (χ2v) is 10.6. The van der Waals surface area contributed by atoms with Gasteiger partial charge < -0.3 is 4.98 Å². The molecule has 0 spiro atoms. The molecule has 9 nitrogen and oxygen atoms in total. The number of nitrogens with zero attached hydrogens (tertiary/aromatic N) is 4. The summed E-state index contributed by atoms with van der Waals surface area (Å²) in [7, 11) is 2.96. The van der Waals surface area contributed by atoms with Gasteiger partial charge >= 0.3 is 5.69 Å². The Bertz CT molecular complexity index is 1420. The summed E-state index contributed by atoms with van der Waals surface area (Å²) < 4.78 is 2.33. The average Bonchev–Trinajstić information content (AvgIpc) is 3.02. The van der Waals surface area contributed by atoms with Gasteiger partial charge in [0.15, 0.2) is 17.2 Å². The maximum atomic E-state index is 13.3. The Kier molecular flexibility index (Phi) is 6.27. The Morgan fingerprint density at radius 2 is 1.67 bits per heavy atom. The van der Waals surface area contributed by atoms with E-state index in [2.05, 4.69) is 15.0 Å². The Hall–Kier alpha value is -3.01. The van der Waals surface area contributed by atoms with Crippen LogP contribution in [0.15, 0.2) is 14.6 Å². The number of ketones is 2. The van der Waals surface area contributed by atoms with Crippen LogP contribution in [0.3, 0.4) is 0 Å². The van der Waals surface area contributed by atoms with Crippen LogP contribution in [0.25, 0.3) is 11.0 Å². The van der Waals surface area contributed by atoms with Crippen LogP contribution >= 0.6 is 11.8 Å². The van der Waals surface area contributed by atoms with Crippen molar-refractivity contribution in [2.75, 3.05) is 0 Å². The predicted octanol–water partition coefficient (Wildman–Crippen LogP) is 2.84. The summed E-state index contributed by atoms with van der Waals surface area (Å²) in [5.74, 6) is 0.145. The van der Waals surface area contributed by atoms with Crippen molar-refractivity contribution in [3.8, 4) is 0 Å². The fourth-order valence-corrected chi connectivity index (χ4v) is 4.79. The van der Waals surface area contributed by atoms with Gasteiger partial charge in [0.25, 0.3) is 5.56 Å². The number of hydrogen-bond donors (Lipinski definition) is 1. The van der Waals surface area contributed by atoms with Crippen molar-refractivity contribution < 1.29 is 9.59 Å². The molecule has 1 unspecified atom stereocenters. The second-order valence-electron chi connectivity index (χ2n) is 9.31. The molecule has 10 heteroatoms. The quantitative estimate of drug-likeness (QED) is 0.345. The molecule has 0 amide bonds. The van der Waals surface area contributed by atoms with Crippen molar-refractivity contribution in [2.45, 2.75) is 64.2 Å². The maximum Gasteiger partial charge on any atom is 0.332 e. The van der Waals surface area contributed by atoms with Gasteiger partial charge in [0, 0.05) is 30.8 Å². The Labute approximate surface area is 195 Å². The van der Waals surface area contributed by atoms with Crippen molar-refractivity contribution in [2.24, 2.45) is 14.1 Å².